The van der Waals surface area contributed by atoms with E-state index in [0.717, 1.165) is 57.5 Å². The summed E-state index contributed by atoms with van der Waals surface area (Å²) in [7, 11) is 0. The molecule has 4 N–H and O–H groups in total. The van der Waals surface area contributed by atoms with Crippen LogP contribution in [0.25, 0.3) is 10.9 Å². The SMILES string of the molecule is S=C(NCCc1c[nH]c2ccccc12)NCC[NH+]1CCOCC1. The number of benzene rings is 1. The van der Waals surface area contributed by atoms with Crippen molar-refractivity contribution in [2.75, 3.05) is 45.9 Å². The number of aromatic amines is 1. The topological polar surface area (TPSA) is 53.5 Å². The Hall–Kier alpha value is -1.63. The second-order valence-corrected chi connectivity index (χ2v) is 6.31. The molecule has 1 fully saturated rings. The van der Waals surface area contributed by atoms with Crippen LogP contribution in [0.15, 0.2) is 30.5 Å². The molecule has 1 aliphatic heterocycles. The number of nitrogens with one attached hydrogen (secondary N) is 4. The molecule has 1 aromatic heterocycles. The van der Waals surface area contributed by atoms with E-state index in [0.29, 0.717) is 0 Å². The van der Waals surface area contributed by atoms with Gasteiger partial charge in [0.15, 0.2) is 5.11 Å². The van der Waals surface area contributed by atoms with Gasteiger partial charge >= 0.3 is 0 Å². The van der Waals surface area contributed by atoms with Crippen LogP contribution < -0.4 is 15.5 Å². The van der Waals surface area contributed by atoms with Gasteiger partial charge in [0, 0.05) is 23.6 Å². The lowest BCUT2D eigenvalue weighted by atomic mass is 10.1. The van der Waals surface area contributed by atoms with Crippen LogP contribution in [0.5, 0.6) is 0 Å². The first-order valence-electron chi connectivity index (χ1n) is 8.31. The monoisotopic (exact) mass is 333 g/mol. The molecule has 0 atom stereocenters. The highest BCUT2D eigenvalue weighted by Crippen LogP contribution is 2.17. The van der Waals surface area contributed by atoms with Gasteiger partial charge in [-0.3, -0.25) is 0 Å². The molecule has 1 saturated heterocycles. The zero-order valence-corrected chi connectivity index (χ0v) is 14.2. The summed E-state index contributed by atoms with van der Waals surface area (Å²) in [5.74, 6) is 0. The van der Waals surface area contributed by atoms with Crippen LogP contribution in [0, 0.1) is 0 Å². The van der Waals surface area contributed by atoms with Crippen LogP contribution in [0.1, 0.15) is 5.56 Å². The van der Waals surface area contributed by atoms with Gasteiger partial charge in [-0.1, -0.05) is 18.2 Å². The van der Waals surface area contributed by atoms with Gasteiger partial charge in [0.05, 0.1) is 26.3 Å². The van der Waals surface area contributed by atoms with Gasteiger partial charge in [0.25, 0.3) is 0 Å². The number of aromatic nitrogens is 1. The smallest absolute Gasteiger partial charge is 0.166 e. The molecule has 1 aromatic carbocycles. The number of quaternary nitrogens is 1. The zero-order chi connectivity index (χ0) is 15.9. The summed E-state index contributed by atoms with van der Waals surface area (Å²) < 4.78 is 5.36. The summed E-state index contributed by atoms with van der Waals surface area (Å²) in [4.78, 5) is 4.90. The van der Waals surface area contributed by atoms with Gasteiger partial charge in [-0.05, 0) is 30.3 Å². The summed E-state index contributed by atoms with van der Waals surface area (Å²) in [6.07, 6.45) is 3.05. The largest absolute Gasteiger partial charge is 0.370 e. The Morgan fingerprint density at radius 2 is 1.96 bits per heavy atom. The minimum atomic E-state index is 0.748. The van der Waals surface area contributed by atoms with Gasteiger partial charge in [-0.25, -0.2) is 0 Å². The van der Waals surface area contributed by atoms with E-state index in [1.165, 1.54) is 16.5 Å². The summed E-state index contributed by atoms with van der Waals surface area (Å²) in [5.41, 5.74) is 2.52. The molecule has 0 unspecified atom stereocenters. The van der Waals surface area contributed by atoms with Gasteiger partial charge in [0.1, 0.15) is 13.1 Å². The predicted octanol–water partition coefficient (Wildman–Crippen LogP) is 0.0896. The van der Waals surface area contributed by atoms with Gasteiger partial charge in [-0.15, -0.1) is 0 Å². The highest BCUT2D eigenvalue weighted by molar-refractivity contribution is 7.80. The molecule has 5 nitrogen and oxygen atoms in total. The van der Waals surface area contributed by atoms with E-state index >= 15 is 0 Å². The molecule has 0 aliphatic carbocycles. The molecule has 2 aromatic rings. The Morgan fingerprint density at radius 3 is 2.83 bits per heavy atom. The van der Waals surface area contributed by atoms with E-state index in [1.807, 2.05) is 0 Å². The van der Waals surface area contributed by atoms with E-state index in [9.17, 15) is 0 Å². The number of para-hydroxylation sites is 1. The molecule has 3 rings (SSSR count). The fraction of sp³-hybridized carbons (Fsp3) is 0.471. The second-order valence-electron chi connectivity index (χ2n) is 5.90. The minimum absolute atomic E-state index is 0.748. The molecular weight excluding hydrogens is 308 g/mol. The van der Waals surface area contributed by atoms with Crippen molar-refractivity contribution in [3.8, 4) is 0 Å². The number of morpholine rings is 1. The third-order valence-corrected chi connectivity index (χ3v) is 4.61. The highest BCUT2D eigenvalue weighted by Gasteiger charge is 2.12. The predicted molar refractivity (Wildman–Crippen MR) is 97.0 cm³/mol. The minimum Gasteiger partial charge on any atom is -0.370 e. The van der Waals surface area contributed by atoms with Crippen LogP contribution in [-0.4, -0.2) is 56.0 Å². The van der Waals surface area contributed by atoms with Crippen LogP contribution in [0.3, 0.4) is 0 Å². The number of fused-ring (bicyclic) bond motifs is 1. The summed E-state index contributed by atoms with van der Waals surface area (Å²) in [5, 5.41) is 8.64. The first-order valence-corrected chi connectivity index (χ1v) is 8.72. The number of H-pyrrole nitrogens is 1. The fourth-order valence-corrected chi connectivity index (χ4v) is 3.18. The zero-order valence-electron chi connectivity index (χ0n) is 13.4. The van der Waals surface area contributed by atoms with Gasteiger partial charge in [0.2, 0.25) is 0 Å². The number of hydrogen-bond donors (Lipinski definition) is 4. The third kappa shape index (κ3) is 4.67. The Balaban J connectivity index is 1.34. The maximum absolute atomic E-state index is 5.36. The maximum Gasteiger partial charge on any atom is 0.166 e. The van der Waals surface area contributed by atoms with Gasteiger partial charge in [-0.2, -0.15) is 0 Å². The first-order chi connectivity index (χ1) is 11.3. The summed E-state index contributed by atoms with van der Waals surface area (Å²) in [6.45, 7) is 6.80. The second kappa shape index (κ2) is 8.29. The molecule has 0 amide bonds. The molecule has 0 saturated carbocycles. The van der Waals surface area contributed by atoms with Crippen molar-refractivity contribution in [2.45, 2.75) is 6.42 Å². The van der Waals surface area contributed by atoms with Crippen LogP contribution in [0.4, 0.5) is 0 Å². The molecular formula is C17H25N4OS+. The van der Waals surface area contributed by atoms with Crippen molar-refractivity contribution in [3.63, 3.8) is 0 Å². The van der Waals surface area contributed by atoms with Crippen molar-refractivity contribution in [1.29, 1.82) is 0 Å². The molecule has 0 radical (unpaired) electrons. The standard InChI is InChI=1S/C17H24N4OS/c23-17(19-7-8-21-9-11-22-12-10-21)18-6-5-14-13-20-16-4-2-1-3-15(14)16/h1-4,13,20H,5-12H2,(H2,18,19,23)/p+1. The van der Waals surface area contributed by atoms with Crippen molar-refractivity contribution in [2.24, 2.45) is 0 Å². The molecule has 0 bridgehead atoms. The van der Waals surface area contributed by atoms with Crippen molar-refractivity contribution in [1.82, 2.24) is 15.6 Å². The third-order valence-electron chi connectivity index (χ3n) is 4.32. The number of rotatable bonds is 6. The average molecular weight is 333 g/mol. The molecule has 6 heteroatoms. The molecule has 124 valence electrons. The van der Waals surface area contributed by atoms with E-state index in [1.54, 1.807) is 4.90 Å². The normalized spacial score (nSPS) is 15.7. The van der Waals surface area contributed by atoms with Crippen molar-refractivity contribution < 1.29 is 9.64 Å². The van der Waals surface area contributed by atoms with Crippen LogP contribution >= 0.6 is 12.2 Å². The van der Waals surface area contributed by atoms with Crippen molar-refractivity contribution >= 4 is 28.2 Å². The lowest BCUT2D eigenvalue weighted by Gasteiger charge is -2.24. The quantitative estimate of drug-likeness (QED) is 0.566. The lowest BCUT2D eigenvalue weighted by Crippen LogP contribution is -3.14. The molecule has 2 heterocycles. The van der Waals surface area contributed by atoms with E-state index in [2.05, 4.69) is 46.1 Å². The molecule has 1 aliphatic rings. The average Bonchev–Trinajstić information content (AvgIpc) is 2.99. The summed E-state index contributed by atoms with van der Waals surface area (Å²) >= 11 is 5.35. The lowest BCUT2D eigenvalue weighted by molar-refractivity contribution is -0.906. The fourth-order valence-electron chi connectivity index (χ4n) is 2.97. The van der Waals surface area contributed by atoms with E-state index in [-0.39, 0.29) is 0 Å². The molecule has 0 spiro atoms. The number of ether oxygens (including phenoxy) is 1. The Labute approximate surface area is 142 Å². The van der Waals surface area contributed by atoms with Crippen LogP contribution in [-0.2, 0) is 11.2 Å². The number of thiocarbonyl (C=S) groups is 1. The maximum atomic E-state index is 5.36. The Kier molecular flexibility index (Phi) is 5.85. The molecule has 23 heavy (non-hydrogen) atoms. The van der Waals surface area contributed by atoms with Crippen molar-refractivity contribution in [3.05, 3.63) is 36.0 Å². The Morgan fingerprint density at radius 1 is 1.17 bits per heavy atom. The first kappa shape index (κ1) is 16.2. The van der Waals surface area contributed by atoms with Crippen LogP contribution in [0.2, 0.25) is 0 Å². The Bertz CT molecular complexity index is 636. The highest BCUT2D eigenvalue weighted by atomic mass is 32.1. The summed E-state index contributed by atoms with van der Waals surface area (Å²) in [6, 6.07) is 8.39. The van der Waals surface area contributed by atoms with E-state index < -0.39 is 0 Å². The van der Waals surface area contributed by atoms with E-state index in [4.69, 9.17) is 17.0 Å². The van der Waals surface area contributed by atoms with Gasteiger partial charge < -0.3 is 25.3 Å². The number of hydrogen-bond acceptors (Lipinski definition) is 2.